The molecule has 0 atom stereocenters. The molecular formula is C11H12Cl2N2O. The third-order valence-corrected chi connectivity index (χ3v) is 2.49. The largest absolute Gasteiger partial charge is 0.493 e. The summed E-state index contributed by atoms with van der Waals surface area (Å²) in [6, 6.07) is 5.46. The Kier molecular flexibility index (Phi) is 5.24. The lowest BCUT2D eigenvalue weighted by molar-refractivity contribution is 0.416. The van der Waals surface area contributed by atoms with E-state index in [2.05, 4.69) is 11.4 Å². The maximum atomic E-state index is 8.41. The summed E-state index contributed by atoms with van der Waals surface area (Å²) < 4.78 is 5.17. The highest BCUT2D eigenvalue weighted by atomic mass is 35.5. The van der Waals surface area contributed by atoms with Gasteiger partial charge >= 0.3 is 0 Å². The number of nitriles is 1. The first-order valence-electron chi connectivity index (χ1n) is 4.83. The fourth-order valence-electron chi connectivity index (χ4n) is 1.29. The summed E-state index contributed by atoms with van der Waals surface area (Å²) in [7, 11) is 1.55. The number of nitrogens with zero attached hydrogens (tertiary/aromatic N) is 1. The summed E-state index contributed by atoms with van der Waals surface area (Å²) >= 11 is 11.9. The Bertz CT molecular complexity index is 402. The normalized spacial score (nSPS) is 9.62. The molecule has 3 nitrogen and oxygen atoms in total. The van der Waals surface area contributed by atoms with Gasteiger partial charge in [0.2, 0.25) is 0 Å². The average Bonchev–Trinajstić information content (AvgIpc) is 2.24. The number of benzene rings is 1. The number of hydrogen-bond donors (Lipinski definition) is 1. The molecule has 0 aliphatic heterocycles. The molecule has 0 saturated heterocycles. The molecule has 1 N–H and O–H groups in total. The Labute approximate surface area is 105 Å². The van der Waals surface area contributed by atoms with Crippen LogP contribution in [0.15, 0.2) is 12.1 Å². The van der Waals surface area contributed by atoms with E-state index in [0.29, 0.717) is 28.8 Å². The molecule has 86 valence electrons. The number of hydrogen-bond acceptors (Lipinski definition) is 3. The third kappa shape index (κ3) is 3.48. The zero-order valence-electron chi connectivity index (χ0n) is 8.89. The second kappa shape index (κ2) is 6.47. The highest BCUT2D eigenvalue weighted by Gasteiger charge is 2.08. The van der Waals surface area contributed by atoms with Gasteiger partial charge in [0.15, 0.2) is 5.75 Å². The zero-order chi connectivity index (χ0) is 12.0. The van der Waals surface area contributed by atoms with Crippen molar-refractivity contribution >= 4 is 28.9 Å². The highest BCUT2D eigenvalue weighted by molar-refractivity contribution is 6.36. The van der Waals surface area contributed by atoms with E-state index in [1.54, 1.807) is 19.2 Å². The van der Waals surface area contributed by atoms with Crippen LogP contribution < -0.4 is 10.1 Å². The minimum Gasteiger partial charge on any atom is -0.493 e. The van der Waals surface area contributed by atoms with Crippen LogP contribution >= 0.6 is 23.2 Å². The lowest BCUT2D eigenvalue weighted by atomic mass is 10.2. The van der Waals surface area contributed by atoms with E-state index in [9.17, 15) is 0 Å². The van der Waals surface area contributed by atoms with Gasteiger partial charge in [0.05, 0.1) is 23.9 Å². The van der Waals surface area contributed by atoms with Gasteiger partial charge in [0, 0.05) is 18.0 Å². The van der Waals surface area contributed by atoms with Crippen LogP contribution in [0.3, 0.4) is 0 Å². The lowest BCUT2D eigenvalue weighted by Gasteiger charge is -2.12. The molecule has 0 radical (unpaired) electrons. The summed E-state index contributed by atoms with van der Waals surface area (Å²) in [4.78, 5) is 0. The molecule has 0 aromatic heterocycles. The number of nitrogens with one attached hydrogen (secondary N) is 1. The van der Waals surface area contributed by atoms with E-state index in [4.69, 9.17) is 33.2 Å². The molecule has 0 spiro atoms. The highest BCUT2D eigenvalue weighted by Crippen LogP contribution is 2.35. The molecule has 0 bridgehead atoms. The number of rotatable bonds is 5. The number of anilines is 1. The van der Waals surface area contributed by atoms with Crippen LogP contribution in [0.2, 0.25) is 10.0 Å². The molecule has 16 heavy (non-hydrogen) atoms. The molecular weight excluding hydrogens is 247 g/mol. The van der Waals surface area contributed by atoms with Gasteiger partial charge in [-0.15, -0.1) is 0 Å². The van der Waals surface area contributed by atoms with E-state index < -0.39 is 0 Å². The molecule has 0 aliphatic rings. The monoisotopic (exact) mass is 258 g/mol. The smallest absolute Gasteiger partial charge is 0.160 e. The number of halogens is 2. The van der Waals surface area contributed by atoms with Crippen molar-refractivity contribution in [1.29, 1.82) is 5.26 Å². The SMILES string of the molecule is COc1c(Cl)cc(Cl)cc1NCCCC#N. The Hall–Kier alpha value is -1.11. The van der Waals surface area contributed by atoms with E-state index in [0.717, 1.165) is 12.1 Å². The number of unbranched alkanes of at least 4 members (excludes halogenated alkanes) is 1. The zero-order valence-corrected chi connectivity index (χ0v) is 10.4. The molecule has 0 amide bonds. The topological polar surface area (TPSA) is 45.0 Å². The molecule has 1 aromatic rings. The van der Waals surface area contributed by atoms with E-state index >= 15 is 0 Å². The van der Waals surface area contributed by atoms with Crippen LogP contribution in [0.5, 0.6) is 5.75 Å². The first-order valence-corrected chi connectivity index (χ1v) is 5.58. The lowest BCUT2D eigenvalue weighted by Crippen LogP contribution is -2.03. The third-order valence-electron chi connectivity index (χ3n) is 1.99. The van der Waals surface area contributed by atoms with Crippen molar-refractivity contribution in [2.24, 2.45) is 0 Å². The molecule has 5 heteroatoms. The van der Waals surface area contributed by atoms with Crippen LogP contribution in [-0.2, 0) is 0 Å². The van der Waals surface area contributed by atoms with Crippen LogP contribution in [0.1, 0.15) is 12.8 Å². The quantitative estimate of drug-likeness (QED) is 0.819. The second-order valence-corrected chi connectivity index (χ2v) is 4.00. The Balaban J connectivity index is 2.74. The van der Waals surface area contributed by atoms with Gasteiger partial charge < -0.3 is 10.1 Å². The predicted octanol–water partition coefficient (Wildman–Crippen LogP) is 3.72. The van der Waals surface area contributed by atoms with Gasteiger partial charge in [0.1, 0.15) is 0 Å². The van der Waals surface area contributed by atoms with E-state index in [1.807, 2.05) is 0 Å². The molecule has 0 aliphatic carbocycles. The van der Waals surface area contributed by atoms with Crippen molar-refractivity contribution in [3.8, 4) is 11.8 Å². The van der Waals surface area contributed by atoms with Crippen LogP contribution in [0, 0.1) is 11.3 Å². The first-order chi connectivity index (χ1) is 7.69. The summed E-state index contributed by atoms with van der Waals surface area (Å²) in [5.74, 6) is 0.572. The fraction of sp³-hybridized carbons (Fsp3) is 0.364. The van der Waals surface area contributed by atoms with Gasteiger partial charge in [-0.25, -0.2) is 0 Å². The van der Waals surface area contributed by atoms with E-state index in [-0.39, 0.29) is 0 Å². The van der Waals surface area contributed by atoms with Gasteiger partial charge in [0.25, 0.3) is 0 Å². The molecule has 0 heterocycles. The average molecular weight is 259 g/mol. The second-order valence-electron chi connectivity index (χ2n) is 3.16. The number of ether oxygens (including phenoxy) is 1. The maximum Gasteiger partial charge on any atom is 0.160 e. The van der Waals surface area contributed by atoms with Crippen molar-refractivity contribution in [2.75, 3.05) is 19.0 Å². The van der Waals surface area contributed by atoms with Crippen LogP contribution in [-0.4, -0.2) is 13.7 Å². The van der Waals surface area contributed by atoms with Crippen molar-refractivity contribution in [1.82, 2.24) is 0 Å². The minimum absolute atomic E-state index is 0.470. The van der Waals surface area contributed by atoms with Crippen LogP contribution in [0.4, 0.5) is 5.69 Å². The molecule has 0 unspecified atom stereocenters. The Morgan fingerprint density at radius 3 is 2.81 bits per heavy atom. The summed E-state index contributed by atoms with van der Waals surface area (Å²) in [5.41, 5.74) is 0.748. The summed E-state index contributed by atoms with van der Waals surface area (Å²) in [6.45, 7) is 0.681. The first kappa shape index (κ1) is 13.0. The van der Waals surface area contributed by atoms with Crippen molar-refractivity contribution in [3.05, 3.63) is 22.2 Å². The van der Waals surface area contributed by atoms with Gasteiger partial charge in [-0.2, -0.15) is 5.26 Å². The minimum atomic E-state index is 0.470. The number of methoxy groups -OCH3 is 1. The molecule has 0 saturated carbocycles. The van der Waals surface area contributed by atoms with Crippen molar-refractivity contribution in [2.45, 2.75) is 12.8 Å². The summed E-state index contributed by atoms with van der Waals surface area (Å²) in [5, 5.41) is 12.6. The Morgan fingerprint density at radius 1 is 1.44 bits per heavy atom. The molecule has 1 rings (SSSR count). The van der Waals surface area contributed by atoms with Gasteiger partial charge in [-0.1, -0.05) is 23.2 Å². The summed E-state index contributed by atoms with van der Waals surface area (Å²) in [6.07, 6.45) is 1.29. The molecule has 0 fully saturated rings. The van der Waals surface area contributed by atoms with Crippen molar-refractivity contribution < 1.29 is 4.74 Å². The maximum absolute atomic E-state index is 8.41. The fourth-order valence-corrected chi connectivity index (χ4v) is 1.86. The predicted molar refractivity (Wildman–Crippen MR) is 66.4 cm³/mol. The van der Waals surface area contributed by atoms with Gasteiger partial charge in [-0.3, -0.25) is 0 Å². The van der Waals surface area contributed by atoms with Gasteiger partial charge in [-0.05, 0) is 18.6 Å². The van der Waals surface area contributed by atoms with Crippen molar-refractivity contribution in [3.63, 3.8) is 0 Å². The van der Waals surface area contributed by atoms with E-state index in [1.165, 1.54) is 0 Å². The Morgan fingerprint density at radius 2 is 2.19 bits per heavy atom. The van der Waals surface area contributed by atoms with Crippen LogP contribution in [0.25, 0.3) is 0 Å². The molecule has 1 aromatic carbocycles. The standard InChI is InChI=1S/C11H12Cl2N2O/c1-16-11-9(13)6-8(12)7-10(11)15-5-3-2-4-14/h6-7,15H,2-3,5H2,1H3.